The minimum absolute atomic E-state index is 0.200. The van der Waals surface area contributed by atoms with Crippen LogP contribution in [0.1, 0.15) is 0 Å². The van der Waals surface area contributed by atoms with Gasteiger partial charge in [-0.25, -0.2) is 9.97 Å². The van der Waals surface area contributed by atoms with Gasteiger partial charge in [0.1, 0.15) is 11.4 Å². The van der Waals surface area contributed by atoms with Gasteiger partial charge in [-0.05, 0) is 30.3 Å². The minimum atomic E-state index is 0.200. The molecule has 0 spiro atoms. The summed E-state index contributed by atoms with van der Waals surface area (Å²) in [5.74, 6) is 1.41. The molecule has 0 bridgehead atoms. The lowest BCUT2D eigenvalue weighted by Crippen LogP contribution is -1.89. The van der Waals surface area contributed by atoms with Crippen LogP contribution in [0.25, 0.3) is 33.9 Å². The van der Waals surface area contributed by atoms with E-state index in [-0.39, 0.29) is 5.75 Å². The Morgan fingerprint density at radius 2 is 1.96 bits per heavy atom. The van der Waals surface area contributed by atoms with Crippen LogP contribution in [-0.4, -0.2) is 32.3 Å². The predicted octanol–water partition coefficient (Wildman–Crippen LogP) is 3.06. The van der Waals surface area contributed by atoms with E-state index in [0.717, 1.165) is 10.9 Å². The lowest BCUT2D eigenvalue weighted by molar-refractivity contribution is 0.397. The van der Waals surface area contributed by atoms with E-state index in [0.29, 0.717) is 28.9 Å². The Morgan fingerprint density at radius 3 is 2.83 bits per heavy atom. The second kappa shape index (κ2) is 5.62. The number of hydrogen-bond acceptors (Lipinski definition) is 7. The van der Waals surface area contributed by atoms with Crippen molar-refractivity contribution >= 4 is 10.9 Å². The summed E-state index contributed by atoms with van der Waals surface area (Å²) >= 11 is 0. The molecule has 0 amide bonds. The first-order valence-corrected chi connectivity index (χ1v) is 7.17. The van der Waals surface area contributed by atoms with Gasteiger partial charge in [0.25, 0.3) is 5.89 Å². The summed E-state index contributed by atoms with van der Waals surface area (Å²) in [6.45, 7) is 0. The van der Waals surface area contributed by atoms with Gasteiger partial charge in [-0.1, -0.05) is 11.2 Å². The highest BCUT2D eigenvalue weighted by molar-refractivity contribution is 5.82. The Hall–Kier alpha value is -3.48. The monoisotopic (exact) mass is 320 g/mol. The van der Waals surface area contributed by atoms with Crippen molar-refractivity contribution < 1.29 is 14.4 Å². The van der Waals surface area contributed by atoms with Crippen molar-refractivity contribution in [2.24, 2.45) is 0 Å². The quantitative estimate of drug-likeness (QED) is 0.620. The molecule has 4 aromatic rings. The fourth-order valence-corrected chi connectivity index (χ4v) is 2.34. The van der Waals surface area contributed by atoms with E-state index in [1.807, 2.05) is 6.07 Å². The first kappa shape index (κ1) is 14.1. The van der Waals surface area contributed by atoms with Gasteiger partial charge in [0.15, 0.2) is 0 Å². The number of pyridine rings is 2. The number of nitrogens with zero attached hydrogens (tertiary/aromatic N) is 4. The second-order valence-electron chi connectivity index (χ2n) is 5.08. The van der Waals surface area contributed by atoms with E-state index in [9.17, 15) is 5.11 Å². The average Bonchev–Trinajstić information content (AvgIpc) is 3.11. The van der Waals surface area contributed by atoms with E-state index in [2.05, 4.69) is 20.1 Å². The number of rotatable bonds is 3. The van der Waals surface area contributed by atoms with E-state index in [1.54, 1.807) is 49.7 Å². The molecule has 0 atom stereocenters. The van der Waals surface area contributed by atoms with Crippen LogP contribution in [0.4, 0.5) is 0 Å². The summed E-state index contributed by atoms with van der Waals surface area (Å²) in [5, 5.41) is 14.3. The van der Waals surface area contributed by atoms with Crippen molar-refractivity contribution in [2.75, 3.05) is 7.11 Å². The van der Waals surface area contributed by atoms with E-state index in [4.69, 9.17) is 9.26 Å². The summed E-state index contributed by atoms with van der Waals surface area (Å²) in [6, 6.07) is 12.1. The number of benzene rings is 1. The lowest BCUT2D eigenvalue weighted by Gasteiger charge is -2.00. The summed E-state index contributed by atoms with van der Waals surface area (Å²) < 4.78 is 10.4. The highest BCUT2D eigenvalue weighted by Gasteiger charge is 2.13. The molecule has 1 aromatic carbocycles. The molecule has 0 fully saturated rings. The summed E-state index contributed by atoms with van der Waals surface area (Å²) in [6.07, 6.45) is 1.61. The number of methoxy groups -OCH3 is 1. The van der Waals surface area contributed by atoms with Crippen LogP contribution in [0.2, 0.25) is 0 Å². The van der Waals surface area contributed by atoms with Crippen molar-refractivity contribution in [3.05, 3.63) is 48.7 Å². The number of ether oxygens (including phenoxy) is 1. The van der Waals surface area contributed by atoms with Crippen LogP contribution in [0.5, 0.6) is 11.6 Å². The van der Waals surface area contributed by atoms with Crippen LogP contribution >= 0.6 is 0 Å². The van der Waals surface area contributed by atoms with Crippen molar-refractivity contribution in [1.29, 1.82) is 0 Å². The normalized spacial score (nSPS) is 10.9. The molecule has 24 heavy (non-hydrogen) atoms. The second-order valence-corrected chi connectivity index (χ2v) is 5.08. The summed E-state index contributed by atoms with van der Waals surface area (Å²) in [7, 11) is 1.54. The molecule has 0 radical (unpaired) electrons. The van der Waals surface area contributed by atoms with Gasteiger partial charge < -0.3 is 14.4 Å². The van der Waals surface area contributed by atoms with E-state index < -0.39 is 0 Å². The lowest BCUT2D eigenvalue weighted by atomic mass is 10.2. The Balaban J connectivity index is 1.73. The molecule has 1 N–H and O–H groups in total. The SMILES string of the molecule is COc1cc(-c2nc(-c3ccc4cc(O)ccc4n3)no2)ccn1. The van der Waals surface area contributed by atoms with Gasteiger partial charge in [0.2, 0.25) is 11.7 Å². The van der Waals surface area contributed by atoms with Crippen molar-refractivity contribution in [2.45, 2.75) is 0 Å². The molecule has 0 aliphatic heterocycles. The van der Waals surface area contributed by atoms with Gasteiger partial charge >= 0.3 is 0 Å². The molecule has 0 aliphatic rings. The third-order valence-electron chi connectivity index (χ3n) is 3.52. The smallest absolute Gasteiger partial charge is 0.258 e. The van der Waals surface area contributed by atoms with Gasteiger partial charge in [-0.3, -0.25) is 0 Å². The molecule has 0 aliphatic carbocycles. The molecule has 7 heteroatoms. The van der Waals surface area contributed by atoms with E-state index >= 15 is 0 Å². The maximum absolute atomic E-state index is 9.51. The Bertz CT molecular complexity index is 1030. The van der Waals surface area contributed by atoms with Crippen molar-refractivity contribution in [3.8, 4) is 34.6 Å². The molecule has 0 unspecified atom stereocenters. The van der Waals surface area contributed by atoms with Crippen LogP contribution < -0.4 is 4.74 Å². The molecule has 3 aromatic heterocycles. The van der Waals surface area contributed by atoms with Crippen LogP contribution in [-0.2, 0) is 0 Å². The van der Waals surface area contributed by atoms with Gasteiger partial charge in [0.05, 0.1) is 12.6 Å². The summed E-state index contributed by atoms with van der Waals surface area (Å²) in [5.41, 5.74) is 2.04. The maximum Gasteiger partial charge on any atom is 0.258 e. The van der Waals surface area contributed by atoms with Gasteiger partial charge in [0, 0.05) is 23.2 Å². The number of aromatic nitrogens is 4. The first-order valence-electron chi connectivity index (χ1n) is 7.17. The molecule has 4 rings (SSSR count). The van der Waals surface area contributed by atoms with Crippen molar-refractivity contribution in [3.63, 3.8) is 0 Å². The van der Waals surface area contributed by atoms with Crippen LogP contribution in [0.15, 0.2) is 53.2 Å². The molecular weight excluding hydrogens is 308 g/mol. The first-order chi connectivity index (χ1) is 11.7. The zero-order chi connectivity index (χ0) is 16.5. The van der Waals surface area contributed by atoms with E-state index in [1.165, 1.54) is 0 Å². The number of fused-ring (bicyclic) bond motifs is 1. The zero-order valence-corrected chi connectivity index (χ0v) is 12.7. The zero-order valence-electron chi connectivity index (χ0n) is 12.7. The molecule has 118 valence electrons. The average molecular weight is 320 g/mol. The number of aromatic hydroxyl groups is 1. The maximum atomic E-state index is 9.51. The highest BCUT2D eigenvalue weighted by atomic mass is 16.5. The largest absolute Gasteiger partial charge is 0.508 e. The van der Waals surface area contributed by atoms with Crippen LogP contribution in [0, 0.1) is 0 Å². The third kappa shape index (κ3) is 2.52. The van der Waals surface area contributed by atoms with Gasteiger partial charge in [-0.2, -0.15) is 4.98 Å². The Labute approximate surface area is 136 Å². The predicted molar refractivity (Wildman–Crippen MR) is 86.5 cm³/mol. The molecular formula is C17H12N4O3. The number of phenols is 1. The molecule has 3 heterocycles. The fraction of sp³-hybridized carbons (Fsp3) is 0.0588. The Morgan fingerprint density at radius 1 is 1.04 bits per heavy atom. The Kier molecular flexibility index (Phi) is 3.31. The molecule has 0 saturated carbocycles. The minimum Gasteiger partial charge on any atom is -0.508 e. The standard InChI is InChI=1S/C17H12N4O3/c1-23-15-9-11(6-7-18-15)17-20-16(21-24-17)14-4-2-10-8-12(22)3-5-13(10)19-14/h2-9,22H,1H3. The molecule has 0 saturated heterocycles. The van der Waals surface area contributed by atoms with Crippen molar-refractivity contribution in [1.82, 2.24) is 20.1 Å². The summed E-state index contributed by atoms with van der Waals surface area (Å²) in [4.78, 5) is 12.9. The number of hydrogen-bond donors (Lipinski definition) is 1. The van der Waals surface area contributed by atoms with Gasteiger partial charge in [-0.15, -0.1) is 0 Å². The number of phenolic OH excluding ortho intramolecular Hbond substituents is 1. The van der Waals surface area contributed by atoms with Crippen LogP contribution in [0.3, 0.4) is 0 Å². The topological polar surface area (TPSA) is 94.2 Å². The fourth-order valence-electron chi connectivity index (χ4n) is 2.34. The molecule has 7 nitrogen and oxygen atoms in total. The third-order valence-corrected chi connectivity index (χ3v) is 3.52. The highest BCUT2D eigenvalue weighted by Crippen LogP contribution is 2.25.